The third-order valence-electron chi connectivity index (χ3n) is 2.82. The first-order chi connectivity index (χ1) is 7.92. The van der Waals surface area contributed by atoms with Gasteiger partial charge >= 0.3 is 7.60 Å². The third-order valence-corrected chi connectivity index (χ3v) is 3.98. The van der Waals surface area contributed by atoms with Crippen molar-refractivity contribution in [1.29, 1.82) is 0 Å². The van der Waals surface area contributed by atoms with Gasteiger partial charge in [0.2, 0.25) is 0 Å². The second-order valence-corrected chi connectivity index (χ2v) is 7.51. The number of hydrogen-bond acceptors (Lipinski definition) is 2. The van der Waals surface area contributed by atoms with Gasteiger partial charge in [-0.05, 0) is 18.1 Å². The van der Waals surface area contributed by atoms with E-state index >= 15 is 0 Å². The zero-order chi connectivity index (χ0) is 13.1. The highest BCUT2D eigenvalue weighted by Crippen LogP contribution is 2.35. The van der Waals surface area contributed by atoms with Crippen LogP contribution in [0.2, 0.25) is 0 Å². The van der Waals surface area contributed by atoms with Gasteiger partial charge in [-0.1, -0.05) is 51.9 Å². The van der Waals surface area contributed by atoms with Crippen LogP contribution in [0.3, 0.4) is 0 Å². The zero-order valence-electron chi connectivity index (χ0n) is 10.8. The van der Waals surface area contributed by atoms with Crippen LogP contribution in [-0.4, -0.2) is 21.2 Å². The Labute approximate surface area is 111 Å². The molecule has 0 radical (unpaired) electrons. The van der Waals surface area contributed by atoms with Crippen LogP contribution in [0.5, 0.6) is 0 Å². The predicted molar refractivity (Wildman–Crippen MR) is 76.9 cm³/mol. The van der Waals surface area contributed by atoms with Gasteiger partial charge in [0.25, 0.3) is 0 Å². The van der Waals surface area contributed by atoms with E-state index in [1.807, 2.05) is 0 Å². The van der Waals surface area contributed by atoms with Crippen molar-refractivity contribution >= 4 is 20.2 Å². The van der Waals surface area contributed by atoms with Gasteiger partial charge in [0, 0.05) is 6.16 Å². The number of rotatable bonds is 11. The molecule has 1 unspecified atom stereocenters. The smallest absolute Gasteiger partial charge is 0.324 e. The van der Waals surface area contributed by atoms with Gasteiger partial charge in [-0.3, -0.25) is 4.57 Å². The molecule has 0 aromatic heterocycles. The van der Waals surface area contributed by atoms with Crippen molar-refractivity contribution in [2.75, 3.05) is 6.16 Å². The molecule has 1 atom stereocenters. The van der Waals surface area contributed by atoms with E-state index in [2.05, 4.69) is 19.6 Å². The van der Waals surface area contributed by atoms with Crippen LogP contribution in [0.15, 0.2) is 0 Å². The van der Waals surface area contributed by atoms with E-state index < -0.39 is 7.60 Å². The van der Waals surface area contributed by atoms with Gasteiger partial charge in [-0.2, -0.15) is 12.6 Å². The van der Waals surface area contributed by atoms with Crippen molar-refractivity contribution in [3.63, 3.8) is 0 Å². The fourth-order valence-corrected chi connectivity index (χ4v) is 2.64. The van der Waals surface area contributed by atoms with Crippen LogP contribution < -0.4 is 0 Å². The van der Waals surface area contributed by atoms with Crippen molar-refractivity contribution in [2.45, 2.75) is 70.0 Å². The van der Waals surface area contributed by atoms with Gasteiger partial charge in [-0.15, -0.1) is 0 Å². The van der Waals surface area contributed by atoms with Crippen LogP contribution >= 0.6 is 20.2 Å². The molecule has 0 heterocycles. The molecule has 0 aromatic carbocycles. The summed E-state index contributed by atoms with van der Waals surface area (Å²) in [6, 6.07) is 0. The molecule has 3 nitrogen and oxygen atoms in total. The topological polar surface area (TPSA) is 57.5 Å². The average Bonchev–Trinajstić information content (AvgIpc) is 2.18. The van der Waals surface area contributed by atoms with Crippen LogP contribution in [-0.2, 0) is 4.57 Å². The Bertz CT molecular complexity index is 216. The maximum Gasteiger partial charge on any atom is 0.325 e. The van der Waals surface area contributed by atoms with Crippen molar-refractivity contribution < 1.29 is 14.4 Å². The molecule has 5 heteroatoms. The quantitative estimate of drug-likeness (QED) is 0.305. The maximum atomic E-state index is 10.6. The number of unbranched alkanes of at least 4 members (excludes halogenated alkanes) is 7. The molecule has 0 aliphatic heterocycles. The molecular formula is C12H27O3PS. The van der Waals surface area contributed by atoms with Gasteiger partial charge in [0.15, 0.2) is 0 Å². The van der Waals surface area contributed by atoms with Crippen LogP contribution in [0.25, 0.3) is 0 Å². The van der Waals surface area contributed by atoms with Crippen LogP contribution in [0.4, 0.5) is 0 Å². The molecule has 0 aromatic rings. The van der Waals surface area contributed by atoms with Crippen molar-refractivity contribution in [1.82, 2.24) is 0 Å². The first-order valence-electron chi connectivity index (χ1n) is 6.64. The Morgan fingerprint density at radius 2 is 1.35 bits per heavy atom. The van der Waals surface area contributed by atoms with E-state index in [0.717, 1.165) is 12.8 Å². The van der Waals surface area contributed by atoms with E-state index in [-0.39, 0.29) is 6.16 Å². The average molecular weight is 282 g/mol. The van der Waals surface area contributed by atoms with E-state index in [4.69, 9.17) is 9.79 Å². The summed E-state index contributed by atoms with van der Waals surface area (Å²) in [6.07, 6.45) is 10.2. The van der Waals surface area contributed by atoms with Crippen LogP contribution in [0.1, 0.15) is 64.7 Å². The summed E-state index contributed by atoms with van der Waals surface area (Å²) < 4.78 is 10.6. The summed E-state index contributed by atoms with van der Waals surface area (Å²) in [5.41, 5.74) is 0. The first kappa shape index (κ1) is 17.5. The summed E-state index contributed by atoms with van der Waals surface area (Å²) in [5, 5.41) is 0.516. The molecule has 0 saturated carbocycles. The molecule has 2 N–H and O–H groups in total. The fraction of sp³-hybridized carbons (Fsp3) is 1.00. The minimum atomic E-state index is -3.75. The third kappa shape index (κ3) is 16.5. The van der Waals surface area contributed by atoms with Crippen molar-refractivity contribution in [3.05, 3.63) is 0 Å². The van der Waals surface area contributed by atoms with Gasteiger partial charge in [0.1, 0.15) is 0 Å². The van der Waals surface area contributed by atoms with E-state index in [1.54, 1.807) is 0 Å². The SMILES string of the molecule is CC(S)CCCCCCCCCCP(=O)(O)O. The monoisotopic (exact) mass is 282 g/mol. The normalized spacial score (nSPS) is 13.9. The molecule has 0 spiro atoms. The van der Waals surface area contributed by atoms with Gasteiger partial charge < -0.3 is 9.79 Å². The lowest BCUT2D eigenvalue weighted by Crippen LogP contribution is -1.90. The lowest BCUT2D eigenvalue weighted by molar-refractivity contribution is 0.370. The lowest BCUT2D eigenvalue weighted by atomic mass is 10.1. The lowest BCUT2D eigenvalue weighted by Gasteiger charge is -2.05. The van der Waals surface area contributed by atoms with Gasteiger partial charge in [-0.25, -0.2) is 0 Å². The molecule has 0 saturated heterocycles. The highest BCUT2D eigenvalue weighted by atomic mass is 32.1. The molecule has 104 valence electrons. The summed E-state index contributed by atoms with van der Waals surface area (Å²) >= 11 is 4.34. The maximum absolute atomic E-state index is 10.6. The zero-order valence-corrected chi connectivity index (χ0v) is 12.6. The molecule has 0 aliphatic carbocycles. The molecule has 17 heavy (non-hydrogen) atoms. The standard InChI is InChI=1S/C12H27O3PS/c1-12(17)10-8-6-4-2-3-5-7-9-11-16(13,14)15/h12,17H,2-11H2,1H3,(H2,13,14,15). The molecule has 0 bridgehead atoms. The molecule has 0 amide bonds. The summed E-state index contributed by atoms with van der Waals surface area (Å²) in [6.45, 7) is 2.13. The van der Waals surface area contributed by atoms with Crippen molar-refractivity contribution in [2.24, 2.45) is 0 Å². The second kappa shape index (κ2) is 10.4. The predicted octanol–water partition coefficient (Wildman–Crippen LogP) is 3.99. The Hall–Kier alpha value is 0.500. The molecular weight excluding hydrogens is 255 g/mol. The first-order valence-corrected chi connectivity index (χ1v) is 8.96. The Balaban J connectivity index is 3.06. The molecule has 0 rings (SSSR count). The summed E-state index contributed by atoms with van der Waals surface area (Å²) in [7, 11) is -3.75. The van der Waals surface area contributed by atoms with Crippen LogP contribution in [0, 0.1) is 0 Å². The Kier molecular flexibility index (Phi) is 10.7. The Morgan fingerprint density at radius 1 is 0.941 bits per heavy atom. The number of hydrogen-bond donors (Lipinski definition) is 3. The van der Waals surface area contributed by atoms with E-state index in [1.165, 1.54) is 38.5 Å². The number of thiol groups is 1. The molecule has 0 fully saturated rings. The summed E-state index contributed by atoms with van der Waals surface area (Å²) in [5.74, 6) is 0. The second-order valence-electron chi connectivity index (χ2n) is 4.85. The molecule has 0 aliphatic rings. The minimum absolute atomic E-state index is 0.0484. The van der Waals surface area contributed by atoms with E-state index in [9.17, 15) is 4.57 Å². The largest absolute Gasteiger partial charge is 0.325 e. The highest BCUT2D eigenvalue weighted by molar-refractivity contribution is 7.80. The fourth-order valence-electron chi connectivity index (χ4n) is 1.82. The summed E-state index contributed by atoms with van der Waals surface area (Å²) in [4.78, 5) is 17.3. The van der Waals surface area contributed by atoms with E-state index in [0.29, 0.717) is 11.7 Å². The van der Waals surface area contributed by atoms with Gasteiger partial charge in [0.05, 0.1) is 0 Å². The van der Waals surface area contributed by atoms with Crippen molar-refractivity contribution in [3.8, 4) is 0 Å². The highest BCUT2D eigenvalue weighted by Gasteiger charge is 2.10. The minimum Gasteiger partial charge on any atom is -0.324 e. The Morgan fingerprint density at radius 3 is 1.76 bits per heavy atom.